The summed E-state index contributed by atoms with van der Waals surface area (Å²) in [5.41, 5.74) is 7.08. The summed E-state index contributed by atoms with van der Waals surface area (Å²) in [4.78, 5) is 14.3. The van der Waals surface area contributed by atoms with Crippen LogP contribution in [0.5, 0.6) is 0 Å². The molecule has 5 nitrogen and oxygen atoms in total. The fourth-order valence-corrected chi connectivity index (χ4v) is 2.36. The van der Waals surface area contributed by atoms with Gasteiger partial charge in [0.15, 0.2) is 0 Å². The van der Waals surface area contributed by atoms with Crippen LogP contribution in [0.1, 0.15) is 18.6 Å². The summed E-state index contributed by atoms with van der Waals surface area (Å²) in [6, 6.07) is 11.5. The number of benzene rings is 1. The zero-order valence-corrected chi connectivity index (χ0v) is 11.8. The maximum Gasteiger partial charge on any atom is 0.238 e. The third-order valence-electron chi connectivity index (χ3n) is 3.52. The SMILES string of the molecule is Nc1cccc(NC(=O)CN(Cc2ccco2)C2CC2)c1. The van der Waals surface area contributed by atoms with Gasteiger partial charge < -0.3 is 15.5 Å². The van der Waals surface area contributed by atoms with Crippen molar-refractivity contribution in [3.8, 4) is 0 Å². The van der Waals surface area contributed by atoms with Crippen LogP contribution in [-0.2, 0) is 11.3 Å². The second kappa shape index (κ2) is 6.01. The average Bonchev–Trinajstić information content (AvgIpc) is 3.17. The van der Waals surface area contributed by atoms with Gasteiger partial charge in [0.2, 0.25) is 5.91 Å². The molecule has 0 unspecified atom stereocenters. The number of carbonyl (C=O) groups is 1. The number of nitrogens with two attached hydrogens (primary N) is 1. The summed E-state index contributed by atoms with van der Waals surface area (Å²) >= 11 is 0. The van der Waals surface area contributed by atoms with Crippen molar-refractivity contribution < 1.29 is 9.21 Å². The first-order valence-corrected chi connectivity index (χ1v) is 7.12. The van der Waals surface area contributed by atoms with E-state index in [4.69, 9.17) is 10.2 Å². The minimum atomic E-state index is -0.0287. The number of nitrogen functional groups attached to an aromatic ring is 1. The fraction of sp³-hybridized carbons (Fsp3) is 0.312. The van der Waals surface area contributed by atoms with Crippen molar-refractivity contribution in [3.63, 3.8) is 0 Å². The molecule has 0 bridgehead atoms. The Morgan fingerprint density at radius 3 is 2.86 bits per heavy atom. The number of hydrogen-bond acceptors (Lipinski definition) is 4. The van der Waals surface area contributed by atoms with Crippen LogP contribution in [0.3, 0.4) is 0 Å². The summed E-state index contributed by atoms with van der Waals surface area (Å²) in [6.45, 7) is 1.03. The Balaban J connectivity index is 1.59. The van der Waals surface area contributed by atoms with E-state index in [2.05, 4.69) is 10.2 Å². The average molecular weight is 285 g/mol. The van der Waals surface area contributed by atoms with Crippen LogP contribution in [-0.4, -0.2) is 23.4 Å². The molecule has 21 heavy (non-hydrogen) atoms. The van der Waals surface area contributed by atoms with Crippen molar-refractivity contribution in [3.05, 3.63) is 48.4 Å². The van der Waals surface area contributed by atoms with E-state index in [0.717, 1.165) is 24.3 Å². The lowest BCUT2D eigenvalue weighted by Crippen LogP contribution is -2.34. The van der Waals surface area contributed by atoms with Gasteiger partial charge in [-0.2, -0.15) is 0 Å². The number of furan rings is 1. The molecule has 0 atom stereocenters. The Morgan fingerprint density at radius 2 is 2.19 bits per heavy atom. The summed E-state index contributed by atoms with van der Waals surface area (Å²) in [6.07, 6.45) is 3.95. The first-order chi connectivity index (χ1) is 10.2. The van der Waals surface area contributed by atoms with Gasteiger partial charge in [-0.3, -0.25) is 9.69 Å². The molecule has 0 saturated heterocycles. The van der Waals surface area contributed by atoms with Gasteiger partial charge in [-0.1, -0.05) is 6.07 Å². The van der Waals surface area contributed by atoms with Gasteiger partial charge in [0.05, 0.1) is 19.4 Å². The van der Waals surface area contributed by atoms with Crippen molar-refractivity contribution in [1.29, 1.82) is 0 Å². The summed E-state index contributed by atoms with van der Waals surface area (Å²) < 4.78 is 5.37. The van der Waals surface area contributed by atoms with Crippen LogP contribution in [0.15, 0.2) is 47.1 Å². The van der Waals surface area contributed by atoms with Crippen LogP contribution in [0, 0.1) is 0 Å². The molecule has 1 amide bonds. The standard InChI is InChI=1S/C16H19N3O2/c17-12-3-1-4-13(9-12)18-16(20)11-19(14-6-7-14)10-15-5-2-8-21-15/h1-5,8-9,14H,6-7,10-11,17H2,(H,18,20). The van der Waals surface area contributed by atoms with Crippen LogP contribution in [0.2, 0.25) is 0 Å². The molecule has 3 rings (SSSR count). The molecular formula is C16H19N3O2. The van der Waals surface area contributed by atoms with E-state index in [1.807, 2.05) is 24.3 Å². The van der Waals surface area contributed by atoms with Crippen LogP contribution in [0.4, 0.5) is 11.4 Å². The van der Waals surface area contributed by atoms with Gasteiger partial charge in [0, 0.05) is 17.4 Å². The minimum Gasteiger partial charge on any atom is -0.468 e. The van der Waals surface area contributed by atoms with E-state index >= 15 is 0 Å². The molecule has 1 heterocycles. The topological polar surface area (TPSA) is 71.5 Å². The predicted octanol–water partition coefficient (Wildman–Crippen LogP) is 2.46. The fourth-order valence-electron chi connectivity index (χ4n) is 2.36. The van der Waals surface area contributed by atoms with Crippen molar-refractivity contribution in [1.82, 2.24) is 4.90 Å². The Labute approximate surface area is 123 Å². The first-order valence-electron chi connectivity index (χ1n) is 7.12. The largest absolute Gasteiger partial charge is 0.468 e. The summed E-state index contributed by atoms with van der Waals surface area (Å²) in [7, 11) is 0. The number of carbonyl (C=O) groups excluding carboxylic acids is 1. The van der Waals surface area contributed by atoms with Gasteiger partial charge in [-0.15, -0.1) is 0 Å². The third kappa shape index (κ3) is 3.86. The van der Waals surface area contributed by atoms with E-state index in [-0.39, 0.29) is 5.91 Å². The number of rotatable bonds is 6. The quantitative estimate of drug-likeness (QED) is 0.800. The summed E-state index contributed by atoms with van der Waals surface area (Å²) in [5, 5.41) is 2.88. The van der Waals surface area contributed by atoms with Crippen molar-refractivity contribution in [2.75, 3.05) is 17.6 Å². The molecule has 0 aliphatic heterocycles. The number of nitrogens with one attached hydrogen (secondary N) is 1. The summed E-state index contributed by atoms with van der Waals surface area (Å²) in [5.74, 6) is 0.859. The molecule has 5 heteroatoms. The number of anilines is 2. The highest BCUT2D eigenvalue weighted by molar-refractivity contribution is 5.92. The molecule has 0 radical (unpaired) electrons. The molecule has 0 spiro atoms. The maximum atomic E-state index is 12.2. The lowest BCUT2D eigenvalue weighted by atomic mass is 10.3. The first kappa shape index (κ1) is 13.7. The molecule has 1 aliphatic rings. The molecule has 1 fully saturated rings. The predicted molar refractivity (Wildman–Crippen MR) is 81.6 cm³/mol. The van der Waals surface area contributed by atoms with Crippen LogP contribution >= 0.6 is 0 Å². The Hall–Kier alpha value is -2.27. The highest BCUT2D eigenvalue weighted by Gasteiger charge is 2.30. The molecule has 110 valence electrons. The number of hydrogen-bond donors (Lipinski definition) is 2. The molecule has 1 aromatic carbocycles. The highest BCUT2D eigenvalue weighted by atomic mass is 16.3. The van der Waals surface area contributed by atoms with Gasteiger partial charge in [0.25, 0.3) is 0 Å². The van der Waals surface area contributed by atoms with Crippen LogP contribution < -0.4 is 11.1 Å². The lowest BCUT2D eigenvalue weighted by molar-refractivity contribution is -0.117. The van der Waals surface area contributed by atoms with E-state index in [1.165, 1.54) is 0 Å². The van der Waals surface area contributed by atoms with Gasteiger partial charge in [-0.05, 0) is 43.2 Å². The van der Waals surface area contributed by atoms with E-state index in [9.17, 15) is 4.79 Å². The highest BCUT2D eigenvalue weighted by Crippen LogP contribution is 2.28. The zero-order valence-electron chi connectivity index (χ0n) is 11.8. The van der Waals surface area contributed by atoms with Gasteiger partial charge in [0.1, 0.15) is 5.76 Å². The third-order valence-corrected chi connectivity index (χ3v) is 3.52. The maximum absolute atomic E-state index is 12.2. The van der Waals surface area contributed by atoms with Crippen LogP contribution in [0.25, 0.3) is 0 Å². The molecule has 1 aliphatic carbocycles. The monoisotopic (exact) mass is 285 g/mol. The molecule has 3 N–H and O–H groups in total. The second-order valence-corrected chi connectivity index (χ2v) is 5.39. The molecule has 1 saturated carbocycles. The van der Waals surface area contributed by atoms with Crippen molar-refractivity contribution >= 4 is 17.3 Å². The lowest BCUT2D eigenvalue weighted by Gasteiger charge is -2.20. The van der Waals surface area contributed by atoms with E-state index in [0.29, 0.717) is 24.8 Å². The second-order valence-electron chi connectivity index (χ2n) is 5.39. The van der Waals surface area contributed by atoms with Gasteiger partial charge in [-0.25, -0.2) is 0 Å². The van der Waals surface area contributed by atoms with Crippen molar-refractivity contribution in [2.45, 2.75) is 25.4 Å². The molecule has 1 aromatic heterocycles. The normalized spacial score (nSPS) is 14.3. The molecule has 2 aromatic rings. The number of nitrogens with zero attached hydrogens (tertiary/aromatic N) is 1. The Bertz CT molecular complexity index is 606. The zero-order chi connectivity index (χ0) is 14.7. The Morgan fingerprint density at radius 1 is 1.33 bits per heavy atom. The van der Waals surface area contributed by atoms with Crippen molar-refractivity contribution in [2.24, 2.45) is 0 Å². The molecular weight excluding hydrogens is 266 g/mol. The van der Waals surface area contributed by atoms with E-state index < -0.39 is 0 Å². The Kier molecular flexibility index (Phi) is 3.92. The minimum absolute atomic E-state index is 0.0287. The smallest absolute Gasteiger partial charge is 0.238 e. The number of amides is 1. The van der Waals surface area contributed by atoms with E-state index in [1.54, 1.807) is 18.4 Å². The van der Waals surface area contributed by atoms with Gasteiger partial charge >= 0.3 is 0 Å².